The van der Waals surface area contributed by atoms with E-state index in [4.69, 9.17) is 19.0 Å². The van der Waals surface area contributed by atoms with E-state index in [1.807, 2.05) is 86.6 Å². The van der Waals surface area contributed by atoms with Crippen LogP contribution in [-0.4, -0.2) is 35.3 Å². The Morgan fingerprint density at radius 2 is 1.68 bits per heavy atom. The van der Waals surface area contributed by atoms with E-state index in [0.717, 1.165) is 45.0 Å². The number of carbonyl (C=O) groups excluding carboxylic acids is 1. The molecule has 1 atom stereocenters. The summed E-state index contributed by atoms with van der Waals surface area (Å²) in [6.07, 6.45) is 0. The van der Waals surface area contributed by atoms with Gasteiger partial charge in [-0.05, 0) is 49.2 Å². The molecule has 5 rings (SSSR count). The number of allylic oxidation sites excluding steroid dienone is 1. The van der Waals surface area contributed by atoms with Crippen LogP contribution in [0.1, 0.15) is 35.5 Å². The minimum atomic E-state index is -0.480. The second-order valence-corrected chi connectivity index (χ2v) is 8.88. The quantitative estimate of drug-likeness (QED) is 0.350. The van der Waals surface area contributed by atoms with Crippen molar-refractivity contribution in [2.24, 2.45) is 0 Å². The summed E-state index contributed by atoms with van der Waals surface area (Å²) in [5.41, 5.74) is 5.27. The van der Waals surface area contributed by atoms with Crippen LogP contribution in [0.25, 0.3) is 17.0 Å². The maximum Gasteiger partial charge on any atom is 0.322 e. The Morgan fingerprint density at radius 3 is 2.38 bits per heavy atom. The molecule has 4 aromatic rings. The third kappa shape index (κ3) is 4.91. The molecule has 0 aliphatic carbocycles. The lowest BCUT2D eigenvalue weighted by Gasteiger charge is -2.35. The number of amides is 2. The van der Waals surface area contributed by atoms with E-state index in [1.165, 1.54) is 0 Å². The molecule has 37 heavy (non-hydrogen) atoms. The summed E-state index contributed by atoms with van der Waals surface area (Å²) in [6, 6.07) is 22.5. The average molecular weight is 497 g/mol. The van der Waals surface area contributed by atoms with Crippen LogP contribution >= 0.6 is 0 Å². The van der Waals surface area contributed by atoms with Gasteiger partial charge in [0, 0.05) is 11.3 Å². The van der Waals surface area contributed by atoms with Gasteiger partial charge in [0.2, 0.25) is 5.82 Å². The van der Waals surface area contributed by atoms with Gasteiger partial charge < -0.3 is 19.3 Å². The van der Waals surface area contributed by atoms with Gasteiger partial charge in [0.25, 0.3) is 5.89 Å². The molecule has 0 saturated carbocycles. The Labute approximate surface area is 215 Å². The summed E-state index contributed by atoms with van der Waals surface area (Å²) in [5, 5.41) is 7.38. The third-order valence-electron chi connectivity index (χ3n) is 6.49. The lowest BCUT2D eigenvalue weighted by molar-refractivity contribution is 0.203. The molecular weight excluding hydrogens is 468 g/mol. The van der Waals surface area contributed by atoms with Crippen molar-refractivity contribution in [3.05, 3.63) is 101 Å². The molecule has 0 fully saturated rings. The molecule has 0 saturated heterocycles. The first kappa shape index (κ1) is 24.1. The highest BCUT2D eigenvalue weighted by Gasteiger charge is 2.36. The maximum absolute atomic E-state index is 13.4. The van der Waals surface area contributed by atoms with E-state index in [-0.39, 0.29) is 6.03 Å². The number of aryl methyl sites for hydroxylation is 1. The number of carbonyl (C=O) groups is 1. The second-order valence-electron chi connectivity index (χ2n) is 8.88. The van der Waals surface area contributed by atoms with Gasteiger partial charge in [-0.25, -0.2) is 4.79 Å². The number of methoxy groups -OCH3 is 2. The molecule has 1 N–H and O–H groups in total. The summed E-state index contributed by atoms with van der Waals surface area (Å²) in [6.45, 7) is 4.29. The molecule has 1 aromatic heterocycles. The summed E-state index contributed by atoms with van der Waals surface area (Å²) >= 11 is 0. The van der Waals surface area contributed by atoms with Crippen LogP contribution in [0.5, 0.6) is 11.5 Å². The Hall–Kier alpha value is -4.59. The number of nitrogens with one attached hydrogen (secondary N) is 1. The largest absolute Gasteiger partial charge is 0.497 e. The molecule has 1 aliphatic rings. The van der Waals surface area contributed by atoms with Gasteiger partial charge >= 0.3 is 6.03 Å². The number of hydrogen-bond acceptors (Lipinski definition) is 6. The predicted molar refractivity (Wildman–Crippen MR) is 140 cm³/mol. The fourth-order valence-electron chi connectivity index (χ4n) is 4.40. The van der Waals surface area contributed by atoms with Crippen molar-refractivity contribution in [3.63, 3.8) is 0 Å². The molecular formula is C29H28N4O4. The number of benzene rings is 3. The van der Waals surface area contributed by atoms with Crippen LogP contribution in [0.4, 0.5) is 4.79 Å². The number of hydrogen-bond donors (Lipinski definition) is 1. The van der Waals surface area contributed by atoms with Gasteiger partial charge in [-0.2, -0.15) is 4.98 Å². The van der Waals surface area contributed by atoms with Crippen molar-refractivity contribution in [2.75, 3.05) is 14.2 Å². The van der Waals surface area contributed by atoms with Gasteiger partial charge in [0.05, 0.1) is 32.4 Å². The van der Waals surface area contributed by atoms with Crippen LogP contribution in [0.3, 0.4) is 0 Å². The van der Waals surface area contributed by atoms with Gasteiger partial charge in [0.15, 0.2) is 0 Å². The van der Waals surface area contributed by atoms with Gasteiger partial charge in [-0.1, -0.05) is 59.3 Å². The van der Waals surface area contributed by atoms with Crippen molar-refractivity contribution in [3.8, 4) is 22.9 Å². The highest BCUT2D eigenvalue weighted by atomic mass is 16.5. The van der Waals surface area contributed by atoms with Crippen LogP contribution in [-0.2, 0) is 6.54 Å². The molecule has 3 aromatic carbocycles. The summed E-state index contributed by atoms with van der Waals surface area (Å²) in [4.78, 5) is 19.8. The van der Waals surface area contributed by atoms with E-state index in [2.05, 4.69) is 10.5 Å². The van der Waals surface area contributed by atoms with Gasteiger partial charge in [-0.3, -0.25) is 4.90 Å². The monoisotopic (exact) mass is 496 g/mol. The van der Waals surface area contributed by atoms with E-state index < -0.39 is 6.04 Å². The first-order chi connectivity index (χ1) is 18.0. The zero-order chi connectivity index (χ0) is 25.9. The maximum atomic E-state index is 13.4. The lowest BCUT2D eigenvalue weighted by Crippen LogP contribution is -2.45. The Bertz CT molecular complexity index is 1440. The second kappa shape index (κ2) is 10.2. The van der Waals surface area contributed by atoms with Crippen molar-refractivity contribution in [1.82, 2.24) is 20.4 Å². The molecule has 188 valence electrons. The van der Waals surface area contributed by atoms with E-state index >= 15 is 0 Å². The molecule has 2 amide bonds. The number of ether oxygens (including phenoxy) is 2. The van der Waals surface area contributed by atoms with Crippen LogP contribution in [0.15, 0.2) is 83.0 Å². The zero-order valence-electron chi connectivity index (χ0n) is 21.2. The topological polar surface area (TPSA) is 89.7 Å². The Balaban J connectivity index is 1.58. The number of aromatic nitrogens is 2. The molecule has 8 heteroatoms. The van der Waals surface area contributed by atoms with Crippen molar-refractivity contribution < 1.29 is 18.8 Å². The third-order valence-corrected chi connectivity index (χ3v) is 6.49. The number of urea groups is 1. The average Bonchev–Trinajstić information content (AvgIpc) is 3.41. The van der Waals surface area contributed by atoms with Crippen LogP contribution < -0.4 is 14.8 Å². The first-order valence-electron chi connectivity index (χ1n) is 11.9. The molecule has 0 spiro atoms. The highest BCUT2D eigenvalue weighted by Crippen LogP contribution is 2.38. The molecule has 0 radical (unpaired) electrons. The highest BCUT2D eigenvalue weighted by molar-refractivity contribution is 5.87. The smallest absolute Gasteiger partial charge is 0.322 e. The SMILES string of the molecule is COc1ccc(C2NC(=O)N(Cc3cccc(OC)c3)C(C)=C2c2nc(-c3ccc(C)cc3)no2)cc1. The van der Waals surface area contributed by atoms with Crippen LogP contribution in [0, 0.1) is 6.92 Å². The van der Waals surface area contributed by atoms with Crippen molar-refractivity contribution >= 4 is 11.6 Å². The first-order valence-corrected chi connectivity index (χ1v) is 11.9. The Kier molecular flexibility index (Phi) is 6.64. The van der Waals surface area contributed by atoms with E-state index in [0.29, 0.717) is 18.3 Å². The molecule has 0 bridgehead atoms. The molecule has 8 nitrogen and oxygen atoms in total. The minimum Gasteiger partial charge on any atom is -0.497 e. The number of rotatable bonds is 7. The zero-order valence-corrected chi connectivity index (χ0v) is 21.2. The van der Waals surface area contributed by atoms with Crippen molar-refractivity contribution in [1.29, 1.82) is 0 Å². The minimum absolute atomic E-state index is 0.219. The van der Waals surface area contributed by atoms with E-state index in [1.54, 1.807) is 19.1 Å². The van der Waals surface area contributed by atoms with Crippen molar-refractivity contribution in [2.45, 2.75) is 26.4 Å². The number of nitrogens with zero attached hydrogens (tertiary/aromatic N) is 3. The predicted octanol–water partition coefficient (Wildman–Crippen LogP) is 5.76. The lowest BCUT2D eigenvalue weighted by atomic mass is 9.94. The molecule has 1 aliphatic heterocycles. The van der Waals surface area contributed by atoms with E-state index in [9.17, 15) is 4.79 Å². The fraction of sp³-hybridized carbons (Fsp3) is 0.207. The van der Waals surface area contributed by atoms with Crippen LogP contribution in [0.2, 0.25) is 0 Å². The normalized spacial score (nSPS) is 15.5. The van der Waals surface area contributed by atoms with Gasteiger partial charge in [0.1, 0.15) is 11.5 Å². The van der Waals surface area contributed by atoms with Gasteiger partial charge in [-0.15, -0.1) is 0 Å². The fourth-order valence-corrected chi connectivity index (χ4v) is 4.40. The standard InChI is InChI=1S/C29H28N4O4/c1-18-8-10-22(11-9-18)27-31-28(37-32-27)25-19(2)33(17-20-6-5-7-24(16-20)36-4)29(34)30-26(25)21-12-14-23(35-3)15-13-21/h5-16,26H,17H2,1-4H3,(H,30,34). The Morgan fingerprint density at radius 1 is 0.946 bits per heavy atom. The summed E-state index contributed by atoms with van der Waals surface area (Å²) < 4.78 is 16.5. The molecule has 2 heterocycles. The summed E-state index contributed by atoms with van der Waals surface area (Å²) in [5.74, 6) is 2.30. The summed E-state index contributed by atoms with van der Waals surface area (Å²) in [7, 11) is 3.24. The molecule has 1 unspecified atom stereocenters.